The standard InChI is InChI=1S/C10H13Br2N/c1-3-13(2)10-5-4-9(12)6-8(10)7-11/h4-6H,3,7H2,1-2H3. The van der Waals surface area contributed by atoms with E-state index in [0.29, 0.717) is 0 Å². The molecule has 1 rings (SSSR count). The Labute approximate surface area is 96.4 Å². The van der Waals surface area contributed by atoms with Gasteiger partial charge in [-0.15, -0.1) is 0 Å². The van der Waals surface area contributed by atoms with Crippen LogP contribution in [0.25, 0.3) is 0 Å². The van der Waals surface area contributed by atoms with E-state index in [0.717, 1.165) is 16.3 Å². The molecule has 13 heavy (non-hydrogen) atoms. The van der Waals surface area contributed by atoms with Crippen molar-refractivity contribution >= 4 is 37.5 Å². The fourth-order valence-electron chi connectivity index (χ4n) is 1.20. The first-order chi connectivity index (χ1) is 6.19. The van der Waals surface area contributed by atoms with Gasteiger partial charge in [0, 0.05) is 29.1 Å². The number of halogens is 2. The molecule has 0 fully saturated rings. The second kappa shape index (κ2) is 5.01. The molecule has 1 aromatic carbocycles. The number of alkyl halides is 1. The molecule has 72 valence electrons. The summed E-state index contributed by atoms with van der Waals surface area (Å²) in [5.74, 6) is 0. The van der Waals surface area contributed by atoms with Gasteiger partial charge in [-0.25, -0.2) is 0 Å². The maximum absolute atomic E-state index is 3.49. The minimum absolute atomic E-state index is 0.895. The molecule has 0 aliphatic rings. The fraction of sp³-hybridized carbons (Fsp3) is 0.400. The van der Waals surface area contributed by atoms with E-state index in [1.54, 1.807) is 0 Å². The largest absolute Gasteiger partial charge is 0.375 e. The molecule has 3 heteroatoms. The Hall–Kier alpha value is -0.0200. The lowest BCUT2D eigenvalue weighted by molar-refractivity contribution is 0.960. The van der Waals surface area contributed by atoms with Gasteiger partial charge in [0.25, 0.3) is 0 Å². The summed E-state index contributed by atoms with van der Waals surface area (Å²) in [5.41, 5.74) is 2.61. The number of anilines is 1. The van der Waals surface area contributed by atoms with Gasteiger partial charge in [-0.3, -0.25) is 0 Å². The Morgan fingerprint density at radius 2 is 2.08 bits per heavy atom. The van der Waals surface area contributed by atoms with Crippen molar-refractivity contribution in [2.24, 2.45) is 0 Å². The lowest BCUT2D eigenvalue weighted by Gasteiger charge is -2.20. The number of hydrogen-bond acceptors (Lipinski definition) is 1. The van der Waals surface area contributed by atoms with Gasteiger partial charge in [-0.1, -0.05) is 31.9 Å². The predicted octanol–water partition coefficient (Wildman–Crippen LogP) is 3.80. The molecule has 0 saturated carbocycles. The minimum Gasteiger partial charge on any atom is -0.375 e. The van der Waals surface area contributed by atoms with E-state index < -0.39 is 0 Å². The highest BCUT2D eigenvalue weighted by Crippen LogP contribution is 2.25. The molecule has 0 radical (unpaired) electrons. The zero-order valence-electron chi connectivity index (χ0n) is 7.85. The van der Waals surface area contributed by atoms with Gasteiger partial charge in [0.1, 0.15) is 0 Å². The number of hydrogen-bond donors (Lipinski definition) is 0. The van der Waals surface area contributed by atoms with Gasteiger partial charge in [0.15, 0.2) is 0 Å². The Morgan fingerprint density at radius 1 is 1.38 bits per heavy atom. The smallest absolute Gasteiger partial charge is 0.0405 e. The first kappa shape index (κ1) is 11.1. The Balaban J connectivity index is 3.05. The van der Waals surface area contributed by atoms with Gasteiger partial charge in [-0.05, 0) is 30.7 Å². The highest BCUT2D eigenvalue weighted by Gasteiger charge is 2.04. The van der Waals surface area contributed by atoms with Crippen LogP contribution in [0.3, 0.4) is 0 Å². The fourth-order valence-corrected chi connectivity index (χ4v) is 2.06. The molecular weight excluding hydrogens is 294 g/mol. The Kier molecular flexibility index (Phi) is 4.26. The molecule has 1 nitrogen and oxygen atoms in total. The van der Waals surface area contributed by atoms with Crippen LogP contribution in [-0.4, -0.2) is 13.6 Å². The van der Waals surface area contributed by atoms with Crippen LogP contribution in [0.2, 0.25) is 0 Å². The summed E-state index contributed by atoms with van der Waals surface area (Å²) in [4.78, 5) is 2.24. The molecule has 0 spiro atoms. The topological polar surface area (TPSA) is 3.24 Å². The molecule has 0 aromatic heterocycles. The monoisotopic (exact) mass is 305 g/mol. The highest BCUT2D eigenvalue weighted by atomic mass is 79.9. The van der Waals surface area contributed by atoms with Crippen LogP contribution in [0.5, 0.6) is 0 Å². The summed E-state index contributed by atoms with van der Waals surface area (Å²) >= 11 is 6.96. The van der Waals surface area contributed by atoms with Crippen molar-refractivity contribution in [2.45, 2.75) is 12.3 Å². The van der Waals surface area contributed by atoms with E-state index in [1.165, 1.54) is 11.3 Å². The van der Waals surface area contributed by atoms with Crippen LogP contribution >= 0.6 is 31.9 Å². The first-order valence-corrected chi connectivity index (χ1v) is 6.16. The average Bonchev–Trinajstić information content (AvgIpc) is 2.16. The predicted molar refractivity (Wildman–Crippen MR) is 65.7 cm³/mol. The summed E-state index contributed by atoms with van der Waals surface area (Å²) < 4.78 is 1.13. The van der Waals surface area contributed by atoms with Crippen molar-refractivity contribution in [2.75, 3.05) is 18.5 Å². The van der Waals surface area contributed by atoms with Crippen LogP contribution < -0.4 is 4.90 Å². The Morgan fingerprint density at radius 3 is 2.62 bits per heavy atom. The third-order valence-electron chi connectivity index (χ3n) is 2.07. The SMILES string of the molecule is CCN(C)c1ccc(Br)cc1CBr. The molecule has 0 aliphatic heterocycles. The van der Waals surface area contributed by atoms with Crippen LogP contribution in [-0.2, 0) is 5.33 Å². The molecule has 1 aromatic rings. The summed E-state index contributed by atoms with van der Waals surface area (Å²) in [5, 5.41) is 0.895. The van der Waals surface area contributed by atoms with E-state index in [4.69, 9.17) is 0 Å². The van der Waals surface area contributed by atoms with Crippen molar-refractivity contribution in [3.8, 4) is 0 Å². The maximum Gasteiger partial charge on any atom is 0.0405 e. The molecule has 0 saturated heterocycles. The van der Waals surface area contributed by atoms with E-state index in [-0.39, 0.29) is 0 Å². The van der Waals surface area contributed by atoms with Gasteiger partial charge in [-0.2, -0.15) is 0 Å². The van der Waals surface area contributed by atoms with Crippen molar-refractivity contribution < 1.29 is 0 Å². The van der Waals surface area contributed by atoms with E-state index in [1.807, 2.05) is 0 Å². The van der Waals surface area contributed by atoms with Crippen LogP contribution in [0, 0.1) is 0 Å². The quantitative estimate of drug-likeness (QED) is 0.768. The van der Waals surface area contributed by atoms with E-state index in [9.17, 15) is 0 Å². The number of nitrogens with zero attached hydrogens (tertiary/aromatic N) is 1. The second-order valence-corrected chi connectivity index (χ2v) is 4.40. The Bertz CT molecular complexity index is 286. The molecule has 0 N–H and O–H groups in total. The summed E-state index contributed by atoms with van der Waals surface area (Å²) in [6.45, 7) is 3.18. The van der Waals surface area contributed by atoms with E-state index in [2.05, 4.69) is 68.9 Å². The molecule has 0 unspecified atom stereocenters. The van der Waals surface area contributed by atoms with Crippen molar-refractivity contribution in [1.29, 1.82) is 0 Å². The summed E-state index contributed by atoms with van der Waals surface area (Å²) in [6, 6.07) is 6.37. The molecule has 0 atom stereocenters. The highest BCUT2D eigenvalue weighted by molar-refractivity contribution is 9.10. The molecule has 0 amide bonds. The van der Waals surface area contributed by atoms with Crippen molar-refractivity contribution in [1.82, 2.24) is 0 Å². The first-order valence-electron chi connectivity index (χ1n) is 4.24. The number of rotatable bonds is 3. The molecule has 0 aliphatic carbocycles. The number of benzene rings is 1. The van der Waals surface area contributed by atoms with Gasteiger partial charge in [0.05, 0.1) is 0 Å². The molecular formula is C10H13Br2N. The molecule has 0 heterocycles. The zero-order chi connectivity index (χ0) is 9.84. The average molecular weight is 307 g/mol. The maximum atomic E-state index is 3.49. The van der Waals surface area contributed by atoms with Crippen LogP contribution in [0.4, 0.5) is 5.69 Å². The van der Waals surface area contributed by atoms with Crippen LogP contribution in [0.15, 0.2) is 22.7 Å². The van der Waals surface area contributed by atoms with Crippen molar-refractivity contribution in [3.63, 3.8) is 0 Å². The van der Waals surface area contributed by atoms with Gasteiger partial charge >= 0.3 is 0 Å². The third kappa shape index (κ3) is 2.71. The summed E-state index contributed by atoms with van der Waals surface area (Å²) in [7, 11) is 2.11. The normalized spacial score (nSPS) is 10.2. The van der Waals surface area contributed by atoms with Crippen molar-refractivity contribution in [3.05, 3.63) is 28.2 Å². The lowest BCUT2D eigenvalue weighted by atomic mass is 10.2. The third-order valence-corrected chi connectivity index (χ3v) is 3.17. The lowest BCUT2D eigenvalue weighted by Crippen LogP contribution is -2.17. The summed E-state index contributed by atoms with van der Waals surface area (Å²) in [6.07, 6.45) is 0. The zero-order valence-corrected chi connectivity index (χ0v) is 11.0. The second-order valence-electron chi connectivity index (χ2n) is 2.92. The van der Waals surface area contributed by atoms with Gasteiger partial charge in [0.2, 0.25) is 0 Å². The van der Waals surface area contributed by atoms with Crippen LogP contribution in [0.1, 0.15) is 12.5 Å². The molecule has 0 bridgehead atoms. The van der Waals surface area contributed by atoms with E-state index >= 15 is 0 Å². The van der Waals surface area contributed by atoms with Gasteiger partial charge < -0.3 is 4.90 Å². The minimum atomic E-state index is 0.895.